The van der Waals surface area contributed by atoms with Crippen molar-refractivity contribution < 1.29 is 24.2 Å². The Kier molecular flexibility index (Phi) is 7.61. The van der Waals surface area contributed by atoms with Crippen LogP contribution in [0.15, 0.2) is 60.8 Å². The van der Waals surface area contributed by atoms with Crippen LogP contribution in [-0.2, 0) is 27.2 Å². The molecule has 0 radical (unpaired) electrons. The van der Waals surface area contributed by atoms with Crippen molar-refractivity contribution in [2.45, 2.75) is 51.3 Å². The maximum absolute atomic E-state index is 13.3. The van der Waals surface area contributed by atoms with Crippen molar-refractivity contribution in [1.82, 2.24) is 15.2 Å². The van der Waals surface area contributed by atoms with Gasteiger partial charge in [0.15, 0.2) is 0 Å². The molecule has 34 heavy (non-hydrogen) atoms. The molecule has 2 amide bonds. The number of para-hydroxylation sites is 1. The Hall–Kier alpha value is -3.81. The fourth-order valence-electron chi connectivity index (χ4n) is 3.69. The number of likely N-dealkylation sites (N-methyl/N-ethyl adjacent to an activating group) is 1. The van der Waals surface area contributed by atoms with Gasteiger partial charge < -0.3 is 20.1 Å². The summed E-state index contributed by atoms with van der Waals surface area (Å²) >= 11 is 0. The van der Waals surface area contributed by atoms with E-state index in [1.807, 2.05) is 54.6 Å². The molecule has 2 aromatic carbocycles. The van der Waals surface area contributed by atoms with Gasteiger partial charge in [-0.25, -0.2) is 9.59 Å². The molecule has 0 fully saturated rings. The van der Waals surface area contributed by atoms with Crippen LogP contribution in [0.5, 0.6) is 0 Å². The van der Waals surface area contributed by atoms with Gasteiger partial charge in [-0.3, -0.25) is 9.69 Å². The Bertz CT molecular complexity index is 1150. The van der Waals surface area contributed by atoms with Crippen molar-refractivity contribution in [3.63, 3.8) is 0 Å². The molecule has 0 unspecified atom stereocenters. The fourth-order valence-corrected chi connectivity index (χ4v) is 3.69. The van der Waals surface area contributed by atoms with Crippen LogP contribution < -0.4 is 5.32 Å². The number of fused-ring (bicyclic) bond motifs is 1. The van der Waals surface area contributed by atoms with E-state index in [1.165, 1.54) is 11.9 Å². The summed E-state index contributed by atoms with van der Waals surface area (Å²) in [6.45, 7) is 5.23. The van der Waals surface area contributed by atoms with Crippen molar-refractivity contribution in [3.05, 3.63) is 71.9 Å². The van der Waals surface area contributed by atoms with Crippen LogP contribution in [0.3, 0.4) is 0 Å². The zero-order valence-electron chi connectivity index (χ0n) is 19.9. The molecule has 180 valence electrons. The van der Waals surface area contributed by atoms with Crippen LogP contribution in [-0.4, -0.2) is 57.7 Å². The largest absolute Gasteiger partial charge is 0.480 e. The van der Waals surface area contributed by atoms with Crippen LogP contribution >= 0.6 is 0 Å². The third-order valence-corrected chi connectivity index (χ3v) is 5.44. The molecule has 0 spiro atoms. The number of nitrogens with zero attached hydrogens (tertiary/aromatic N) is 1. The number of nitrogens with one attached hydrogen (secondary N) is 2. The smallest absolute Gasteiger partial charge is 0.410 e. The van der Waals surface area contributed by atoms with Crippen LogP contribution in [0.25, 0.3) is 10.9 Å². The monoisotopic (exact) mass is 465 g/mol. The van der Waals surface area contributed by atoms with Crippen LogP contribution in [0.1, 0.15) is 31.9 Å². The number of aliphatic carboxylic acids is 1. The molecule has 8 heteroatoms. The van der Waals surface area contributed by atoms with E-state index in [4.69, 9.17) is 4.74 Å². The van der Waals surface area contributed by atoms with E-state index < -0.39 is 35.7 Å². The minimum absolute atomic E-state index is 0.0965. The molecule has 8 nitrogen and oxygen atoms in total. The lowest BCUT2D eigenvalue weighted by Gasteiger charge is -2.31. The molecule has 1 aromatic heterocycles. The highest BCUT2D eigenvalue weighted by atomic mass is 16.6. The molecule has 3 rings (SSSR count). The Labute approximate surface area is 198 Å². The van der Waals surface area contributed by atoms with E-state index in [9.17, 15) is 19.5 Å². The number of carboxylic acids is 1. The van der Waals surface area contributed by atoms with Crippen molar-refractivity contribution in [3.8, 4) is 0 Å². The fraction of sp³-hybridized carbons (Fsp3) is 0.346. The normalized spacial score (nSPS) is 13.2. The second-order valence-electron chi connectivity index (χ2n) is 9.26. The molecule has 0 saturated heterocycles. The van der Waals surface area contributed by atoms with Gasteiger partial charge >= 0.3 is 12.1 Å². The molecule has 0 saturated carbocycles. The lowest BCUT2D eigenvalue weighted by atomic mass is 10.0. The molecule has 0 bridgehead atoms. The van der Waals surface area contributed by atoms with Crippen molar-refractivity contribution in [2.75, 3.05) is 7.05 Å². The first kappa shape index (κ1) is 24.8. The molecular weight excluding hydrogens is 434 g/mol. The maximum atomic E-state index is 13.3. The summed E-state index contributed by atoms with van der Waals surface area (Å²) in [5.41, 5.74) is 1.77. The minimum Gasteiger partial charge on any atom is -0.480 e. The highest BCUT2D eigenvalue weighted by Crippen LogP contribution is 2.20. The van der Waals surface area contributed by atoms with Crippen LogP contribution in [0, 0.1) is 0 Å². The van der Waals surface area contributed by atoms with E-state index in [1.54, 1.807) is 27.0 Å². The third-order valence-electron chi connectivity index (χ3n) is 5.44. The molecule has 1 heterocycles. The standard InChI is InChI=1S/C26H31N3O5/c1-26(2,3)34-25(33)29(4)22(14-17-10-6-5-7-11-17)23(30)28-21(24(31)32)15-18-16-27-20-13-9-8-12-19(18)20/h5-13,16,21-22,27H,14-15H2,1-4H3,(H,28,30)(H,31,32)/t21-,22+/m0/s1. The van der Waals surface area contributed by atoms with Gasteiger partial charge in [0.25, 0.3) is 0 Å². The summed E-state index contributed by atoms with van der Waals surface area (Å²) in [4.78, 5) is 42.4. The van der Waals surface area contributed by atoms with E-state index in [0.29, 0.717) is 0 Å². The number of hydrogen-bond acceptors (Lipinski definition) is 4. The molecule has 0 aliphatic rings. The molecule has 0 aliphatic heterocycles. The van der Waals surface area contributed by atoms with Gasteiger partial charge in [0.2, 0.25) is 5.91 Å². The second-order valence-corrected chi connectivity index (χ2v) is 9.26. The Morgan fingerprint density at radius 3 is 2.32 bits per heavy atom. The van der Waals surface area contributed by atoms with E-state index in [-0.39, 0.29) is 12.8 Å². The summed E-state index contributed by atoms with van der Waals surface area (Å²) in [7, 11) is 1.48. The molecule has 3 aromatic rings. The van der Waals surface area contributed by atoms with Gasteiger partial charge in [0.05, 0.1) is 0 Å². The second kappa shape index (κ2) is 10.4. The number of H-pyrrole nitrogens is 1. The summed E-state index contributed by atoms with van der Waals surface area (Å²) < 4.78 is 5.44. The molecular formula is C26H31N3O5. The number of aromatic nitrogens is 1. The number of ether oxygens (including phenoxy) is 1. The average molecular weight is 466 g/mol. The Balaban J connectivity index is 1.82. The summed E-state index contributed by atoms with van der Waals surface area (Å²) in [6, 6.07) is 14.7. The minimum atomic E-state index is -1.17. The van der Waals surface area contributed by atoms with Gasteiger partial charge in [0, 0.05) is 37.0 Å². The first-order valence-corrected chi connectivity index (χ1v) is 11.1. The lowest BCUT2D eigenvalue weighted by Crippen LogP contribution is -2.54. The topological polar surface area (TPSA) is 112 Å². The summed E-state index contributed by atoms with van der Waals surface area (Å²) in [5.74, 6) is -1.72. The van der Waals surface area contributed by atoms with Crippen molar-refractivity contribution in [1.29, 1.82) is 0 Å². The maximum Gasteiger partial charge on any atom is 0.410 e. The third kappa shape index (κ3) is 6.37. The van der Waals surface area contributed by atoms with E-state index in [2.05, 4.69) is 10.3 Å². The summed E-state index contributed by atoms with van der Waals surface area (Å²) in [6.07, 6.45) is 1.40. The lowest BCUT2D eigenvalue weighted by molar-refractivity contribution is -0.142. The van der Waals surface area contributed by atoms with Crippen molar-refractivity contribution in [2.24, 2.45) is 0 Å². The molecule has 3 N–H and O–H groups in total. The van der Waals surface area contributed by atoms with E-state index in [0.717, 1.165) is 22.0 Å². The number of aromatic amines is 1. The number of rotatable bonds is 8. The van der Waals surface area contributed by atoms with Gasteiger partial charge in [-0.1, -0.05) is 48.5 Å². The van der Waals surface area contributed by atoms with Gasteiger partial charge in [0.1, 0.15) is 17.7 Å². The summed E-state index contributed by atoms with van der Waals surface area (Å²) in [5, 5.41) is 13.4. The van der Waals surface area contributed by atoms with E-state index >= 15 is 0 Å². The molecule has 0 aliphatic carbocycles. The van der Waals surface area contributed by atoms with Crippen LogP contribution in [0.4, 0.5) is 4.79 Å². The zero-order chi connectivity index (χ0) is 24.9. The first-order chi connectivity index (χ1) is 16.0. The van der Waals surface area contributed by atoms with Crippen LogP contribution in [0.2, 0.25) is 0 Å². The number of carbonyl (C=O) groups excluding carboxylic acids is 2. The highest BCUT2D eigenvalue weighted by molar-refractivity contribution is 5.90. The number of benzene rings is 2. The number of amides is 2. The highest BCUT2D eigenvalue weighted by Gasteiger charge is 2.33. The number of carbonyl (C=O) groups is 3. The predicted molar refractivity (Wildman–Crippen MR) is 130 cm³/mol. The quantitative estimate of drug-likeness (QED) is 0.469. The Morgan fingerprint density at radius 2 is 1.68 bits per heavy atom. The SMILES string of the molecule is CN(C(=O)OC(C)(C)C)[C@H](Cc1ccccc1)C(=O)N[C@@H](Cc1c[nH]c2ccccc12)C(=O)O. The first-order valence-electron chi connectivity index (χ1n) is 11.1. The number of carboxylic acid groups (broad SMARTS) is 1. The zero-order valence-corrected chi connectivity index (χ0v) is 19.9. The van der Waals surface area contributed by atoms with Crippen molar-refractivity contribution >= 4 is 28.9 Å². The van der Waals surface area contributed by atoms with Gasteiger partial charge in [-0.15, -0.1) is 0 Å². The predicted octanol–water partition coefficient (Wildman–Crippen LogP) is 3.76. The van der Waals surface area contributed by atoms with Gasteiger partial charge in [-0.05, 0) is 38.0 Å². The average Bonchev–Trinajstić information content (AvgIpc) is 3.19. The molecule has 2 atom stereocenters. The number of hydrogen-bond donors (Lipinski definition) is 3. The van der Waals surface area contributed by atoms with Gasteiger partial charge in [-0.2, -0.15) is 0 Å². The Morgan fingerprint density at radius 1 is 1.03 bits per heavy atom.